The third kappa shape index (κ3) is 4.34. The molecule has 0 aliphatic heterocycles. The second-order valence-electron chi connectivity index (χ2n) is 6.43. The second kappa shape index (κ2) is 7.62. The van der Waals surface area contributed by atoms with Gasteiger partial charge in [0.2, 0.25) is 0 Å². The molecule has 2 nitrogen and oxygen atoms in total. The van der Waals surface area contributed by atoms with Gasteiger partial charge in [0, 0.05) is 18.7 Å². The van der Waals surface area contributed by atoms with Crippen molar-refractivity contribution in [2.45, 2.75) is 52.9 Å². The van der Waals surface area contributed by atoms with Gasteiger partial charge in [0.05, 0.1) is 14.7 Å². The van der Waals surface area contributed by atoms with Crippen LogP contribution in [0.5, 0.6) is 0 Å². The Bertz CT molecular complexity index is 487. The van der Waals surface area contributed by atoms with Crippen LogP contribution >= 0.6 is 24.4 Å². The zero-order valence-electron chi connectivity index (χ0n) is 13.5. The van der Waals surface area contributed by atoms with Crippen LogP contribution in [0.4, 0.5) is 5.69 Å². The van der Waals surface area contributed by atoms with Gasteiger partial charge in [-0.3, -0.25) is 0 Å². The molecule has 114 valence electrons. The van der Waals surface area contributed by atoms with E-state index < -0.39 is 0 Å². The first-order valence-electron chi connectivity index (χ1n) is 7.62. The highest BCUT2D eigenvalue weighted by Crippen LogP contribution is 2.36. The minimum absolute atomic E-state index is 0.0776. The van der Waals surface area contributed by atoms with Crippen LogP contribution in [0.1, 0.15) is 53.0 Å². The van der Waals surface area contributed by atoms with Gasteiger partial charge in [0.25, 0.3) is 0 Å². The smallest absolute Gasteiger partial charge is 0.0796 e. The summed E-state index contributed by atoms with van der Waals surface area (Å²) in [5.74, 6) is 0. The first kappa shape index (κ1) is 17.7. The highest BCUT2D eigenvalue weighted by molar-refractivity contribution is 7.74. The average Bonchev–Trinajstić information content (AvgIpc) is 2.35. The first-order chi connectivity index (χ1) is 9.32. The van der Waals surface area contributed by atoms with Crippen molar-refractivity contribution in [3.8, 4) is 0 Å². The Morgan fingerprint density at radius 2 is 1.50 bits per heavy atom. The third-order valence-corrected chi connectivity index (χ3v) is 4.42. The predicted molar refractivity (Wildman–Crippen MR) is 94.7 cm³/mol. The molecule has 0 amide bonds. The maximum Gasteiger partial charge on any atom is 0.0796 e. The van der Waals surface area contributed by atoms with E-state index in [2.05, 4.69) is 44.8 Å². The van der Waals surface area contributed by atoms with Crippen LogP contribution in [-0.4, -0.2) is 31.1 Å². The van der Waals surface area contributed by atoms with Crippen LogP contribution in [0.25, 0.3) is 0 Å². The Hall–Kier alpha value is -0.320. The van der Waals surface area contributed by atoms with E-state index in [1.54, 1.807) is 0 Å². The number of hydrogen-bond donors (Lipinski definition) is 1. The summed E-state index contributed by atoms with van der Waals surface area (Å²) in [6.07, 6.45) is 2.41. The lowest BCUT2D eigenvalue weighted by atomic mass is 9.83. The highest BCUT2D eigenvalue weighted by Gasteiger charge is 2.25. The van der Waals surface area contributed by atoms with Gasteiger partial charge in [-0.25, -0.2) is 0 Å². The fourth-order valence-electron chi connectivity index (χ4n) is 2.58. The van der Waals surface area contributed by atoms with Crippen molar-refractivity contribution in [3.05, 3.63) is 14.6 Å². The van der Waals surface area contributed by atoms with Gasteiger partial charge in [-0.05, 0) is 31.3 Å². The van der Waals surface area contributed by atoms with E-state index in [1.807, 2.05) is 0 Å². The van der Waals surface area contributed by atoms with Crippen molar-refractivity contribution in [3.63, 3.8) is 0 Å². The molecule has 0 saturated heterocycles. The largest absolute Gasteiger partial charge is 0.382 e. The molecule has 1 aromatic carbocycles. The molecule has 0 fully saturated rings. The van der Waals surface area contributed by atoms with Crippen molar-refractivity contribution in [2.75, 3.05) is 31.5 Å². The van der Waals surface area contributed by atoms with E-state index in [0.29, 0.717) is 0 Å². The molecule has 0 spiro atoms. The number of rotatable bonds is 8. The average molecular weight is 313 g/mol. The van der Waals surface area contributed by atoms with Crippen molar-refractivity contribution in [2.24, 2.45) is 0 Å². The van der Waals surface area contributed by atoms with E-state index in [4.69, 9.17) is 24.4 Å². The number of anilines is 1. The minimum Gasteiger partial charge on any atom is -0.382 e. The molecule has 0 radical (unpaired) electrons. The summed E-state index contributed by atoms with van der Waals surface area (Å²) in [5.41, 5.74) is 2.43. The summed E-state index contributed by atoms with van der Waals surface area (Å²) in [5, 5.41) is 3.51. The number of nitrogens with zero attached hydrogens (tertiary/aromatic N) is 1. The molecule has 0 unspecified atom stereocenters. The zero-order valence-corrected chi connectivity index (χ0v) is 15.1. The van der Waals surface area contributed by atoms with Gasteiger partial charge in [-0.1, -0.05) is 59.1 Å². The van der Waals surface area contributed by atoms with Crippen molar-refractivity contribution >= 4 is 30.1 Å². The van der Waals surface area contributed by atoms with Crippen LogP contribution < -0.4 is 5.32 Å². The van der Waals surface area contributed by atoms with Gasteiger partial charge in [0.15, 0.2) is 0 Å². The molecule has 1 aromatic rings. The van der Waals surface area contributed by atoms with Crippen LogP contribution in [-0.2, 0) is 5.41 Å². The molecule has 0 aromatic heterocycles. The summed E-state index contributed by atoms with van der Waals surface area (Å²) in [6, 6.07) is 0. The number of hydrogen-bond acceptors (Lipinski definition) is 4. The molecule has 0 atom stereocenters. The predicted octanol–water partition coefficient (Wildman–Crippen LogP) is 4.85. The Kier molecular flexibility index (Phi) is 6.76. The van der Waals surface area contributed by atoms with E-state index >= 15 is 0 Å². The summed E-state index contributed by atoms with van der Waals surface area (Å²) < 4.78 is 1.73. The summed E-state index contributed by atoms with van der Waals surface area (Å²) >= 11 is 10.8. The molecule has 1 N–H and O–H groups in total. The van der Waals surface area contributed by atoms with Crippen LogP contribution in [0, 0.1) is 9.02 Å². The molecule has 0 bridgehead atoms. The van der Waals surface area contributed by atoms with Gasteiger partial charge in [-0.2, -0.15) is 0 Å². The zero-order chi connectivity index (χ0) is 15.3. The molecular weight excluding hydrogens is 284 g/mol. The van der Waals surface area contributed by atoms with Crippen molar-refractivity contribution in [1.82, 2.24) is 4.90 Å². The highest BCUT2D eigenvalue weighted by atomic mass is 32.1. The second-order valence-corrected chi connectivity index (χ2v) is 7.24. The Morgan fingerprint density at radius 3 is 1.95 bits per heavy atom. The topological polar surface area (TPSA) is 15.3 Å². The summed E-state index contributed by atoms with van der Waals surface area (Å²) in [4.78, 5) is 2.50. The Morgan fingerprint density at radius 1 is 0.950 bits per heavy atom. The van der Waals surface area contributed by atoms with E-state index in [-0.39, 0.29) is 5.41 Å². The SMILES string of the molecule is CCCN(CCC)CCNc1c(C(C)(C)C)c(=S)c1=S. The van der Waals surface area contributed by atoms with Gasteiger partial charge < -0.3 is 10.2 Å². The van der Waals surface area contributed by atoms with E-state index in [0.717, 1.165) is 27.8 Å². The Balaban J connectivity index is 2.61. The van der Waals surface area contributed by atoms with Crippen LogP contribution in [0.3, 0.4) is 0 Å². The molecule has 0 aliphatic rings. The monoisotopic (exact) mass is 312 g/mol. The lowest BCUT2D eigenvalue weighted by Crippen LogP contribution is -2.31. The van der Waals surface area contributed by atoms with Crippen molar-refractivity contribution in [1.29, 1.82) is 0 Å². The Labute approximate surface area is 134 Å². The van der Waals surface area contributed by atoms with Crippen molar-refractivity contribution < 1.29 is 0 Å². The van der Waals surface area contributed by atoms with Gasteiger partial charge in [0.1, 0.15) is 0 Å². The van der Waals surface area contributed by atoms with E-state index in [1.165, 1.54) is 31.5 Å². The number of nitrogens with one attached hydrogen (secondary N) is 1. The minimum atomic E-state index is 0.0776. The van der Waals surface area contributed by atoms with Gasteiger partial charge in [-0.15, -0.1) is 0 Å². The van der Waals surface area contributed by atoms with Crippen LogP contribution in [0.15, 0.2) is 0 Å². The maximum atomic E-state index is 5.39. The molecular formula is C16H28N2S2. The fourth-order valence-corrected chi connectivity index (χ4v) is 3.37. The summed E-state index contributed by atoms with van der Waals surface area (Å²) in [6.45, 7) is 15.4. The molecule has 4 heteroatoms. The van der Waals surface area contributed by atoms with Crippen LogP contribution in [0.2, 0.25) is 0 Å². The van der Waals surface area contributed by atoms with Gasteiger partial charge >= 0.3 is 0 Å². The summed E-state index contributed by atoms with van der Waals surface area (Å²) in [7, 11) is 0. The third-order valence-electron chi connectivity index (χ3n) is 3.47. The van der Waals surface area contributed by atoms with E-state index in [9.17, 15) is 0 Å². The lowest BCUT2D eigenvalue weighted by molar-refractivity contribution is 0.285. The normalized spacial score (nSPS) is 12.3. The molecule has 0 heterocycles. The molecule has 0 saturated carbocycles. The standard InChI is InChI=1S/C16H28N2S2/c1-6-9-18(10-7-2)11-8-17-13-12(16(3,4)5)14(19)15(13)20/h17H,6-11H2,1-5H3. The molecule has 0 aliphatic carbocycles. The maximum absolute atomic E-state index is 5.39. The quantitative estimate of drug-likeness (QED) is 0.690. The molecule has 20 heavy (non-hydrogen) atoms. The first-order valence-corrected chi connectivity index (χ1v) is 8.44. The lowest BCUT2D eigenvalue weighted by Gasteiger charge is -2.28. The molecule has 1 rings (SSSR count). The fraction of sp³-hybridized carbons (Fsp3) is 0.750.